The number of nitrogens with one attached hydrogen (secondary N) is 2. The summed E-state index contributed by atoms with van der Waals surface area (Å²) >= 11 is 0. The van der Waals surface area contributed by atoms with E-state index in [-0.39, 0.29) is 17.9 Å². The Morgan fingerprint density at radius 1 is 1.29 bits per heavy atom. The Hall–Kier alpha value is -1.88. The van der Waals surface area contributed by atoms with Gasteiger partial charge >= 0.3 is 0 Å². The van der Waals surface area contributed by atoms with E-state index >= 15 is 0 Å². The lowest BCUT2D eigenvalue weighted by atomic mass is 9.85. The molecule has 0 bridgehead atoms. The lowest BCUT2D eigenvalue weighted by Gasteiger charge is -2.25. The Labute approximate surface area is 142 Å². The van der Waals surface area contributed by atoms with Crippen molar-refractivity contribution in [2.75, 3.05) is 18.9 Å². The van der Waals surface area contributed by atoms with E-state index in [1.807, 2.05) is 25.2 Å². The summed E-state index contributed by atoms with van der Waals surface area (Å²) in [6.45, 7) is 0.756. The second kappa shape index (κ2) is 6.20. The maximum Gasteiger partial charge on any atom is 0.253 e. The largest absolute Gasteiger partial charge is 0.341 e. The summed E-state index contributed by atoms with van der Waals surface area (Å²) < 4.78 is 0. The van der Waals surface area contributed by atoms with Gasteiger partial charge in [-0.1, -0.05) is 18.9 Å². The summed E-state index contributed by atoms with van der Waals surface area (Å²) in [5.74, 6) is 0.714. The predicted octanol–water partition coefficient (Wildman–Crippen LogP) is 2.17. The molecular weight excluding hydrogens is 302 g/mol. The predicted molar refractivity (Wildman–Crippen MR) is 93.0 cm³/mol. The number of likely N-dealkylation sites (N-methyl/N-ethyl adjacent to an activating group) is 1. The standard InChI is InChI=1S/C19H25N3O2/c1-22-9-8-12-6-7-14(11-15(12)19(22)24)20-18(23)17-10-13-4-2-3-5-16(13)21-17/h6-7,11,13,16-17,21H,2-5,8-10H2,1H3,(H,20,23). The summed E-state index contributed by atoms with van der Waals surface area (Å²) in [5.41, 5.74) is 2.51. The second-order valence-electron chi connectivity index (χ2n) is 7.44. The number of carbonyl (C=O) groups is 2. The van der Waals surface area contributed by atoms with Gasteiger partial charge in [-0.3, -0.25) is 9.59 Å². The molecule has 2 amide bonds. The molecule has 2 aliphatic heterocycles. The minimum atomic E-state index is -0.104. The minimum absolute atomic E-state index is 0.0287. The monoisotopic (exact) mass is 327 g/mol. The van der Waals surface area contributed by atoms with Crippen LogP contribution in [-0.4, -0.2) is 42.4 Å². The summed E-state index contributed by atoms with van der Waals surface area (Å²) in [7, 11) is 1.82. The molecule has 1 aromatic rings. The highest BCUT2D eigenvalue weighted by molar-refractivity contribution is 6.00. The minimum Gasteiger partial charge on any atom is -0.341 e. The van der Waals surface area contributed by atoms with Crippen LogP contribution < -0.4 is 10.6 Å². The molecule has 128 valence electrons. The first-order valence-corrected chi connectivity index (χ1v) is 9.07. The van der Waals surface area contributed by atoms with Crippen molar-refractivity contribution >= 4 is 17.5 Å². The van der Waals surface area contributed by atoms with Gasteiger partial charge in [-0.25, -0.2) is 0 Å². The zero-order chi connectivity index (χ0) is 16.7. The van der Waals surface area contributed by atoms with Gasteiger partial charge in [-0.15, -0.1) is 0 Å². The smallest absolute Gasteiger partial charge is 0.253 e. The Bertz CT molecular complexity index is 659. The van der Waals surface area contributed by atoms with Crippen LogP contribution in [0.5, 0.6) is 0 Å². The van der Waals surface area contributed by atoms with E-state index in [0.717, 1.165) is 36.2 Å². The first-order chi connectivity index (χ1) is 11.6. The molecule has 3 aliphatic rings. The SMILES string of the molecule is CN1CCc2ccc(NC(=O)C3CC4CCCCC4N3)cc2C1=O. The lowest BCUT2D eigenvalue weighted by molar-refractivity contribution is -0.117. The number of amides is 2. The molecule has 0 spiro atoms. The highest BCUT2D eigenvalue weighted by Gasteiger charge is 2.38. The molecule has 0 radical (unpaired) electrons. The number of anilines is 1. The summed E-state index contributed by atoms with van der Waals surface area (Å²) in [6, 6.07) is 6.11. The zero-order valence-electron chi connectivity index (χ0n) is 14.2. The van der Waals surface area contributed by atoms with Gasteiger partial charge in [-0.05, 0) is 49.3 Å². The van der Waals surface area contributed by atoms with Crippen LogP contribution in [0.15, 0.2) is 18.2 Å². The van der Waals surface area contributed by atoms with E-state index in [0.29, 0.717) is 12.0 Å². The molecule has 1 saturated carbocycles. The van der Waals surface area contributed by atoms with Crippen molar-refractivity contribution in [1.29, 1.82) is 0 Å². The van der Waals surface area contributed by atoms with Crippen LogP contribution in [0.25, 0.3) is 0 Å². The summed E-state index contributed by atoms with van der Waals surface area (Å²) in [5, 5.41) is 6.51. The van der Waals surface area contributed by atoms with E-state index < -0.39 is 0 Å². The van der Waals surface area contributed by atoms with E-state index in [4.69, 9.17) is 0 Å². The molecule has 5 nitrogen and oxygen atoms in total. The molecule has 2 fully saturated rings. The van der Waals surface area contributed by atoms with Gasteiger partial charge in [0.1, 0.15) is 0 Å². The number of hydrogen-bond donors (Lipinski definition) is 2. The molecule has 1 saturated heterocycles. The Balaban J connectivity index is 1.46. The molecule has 5 heteroatoms. The highest BCUT2D eigenvalue weighted by atomic mass is 16.2. The number of nitrogens with zero attached hydrogens (tertiary/aromatic N) is 1. The first-order valence-electron chi connectivity index (χ1n) is 9.07. The van der Waals surface area contributed by atoms with Crippen molar-refractivity contribution in [3.63, 3.8) is 0 Å². The molecule has 0 aromatic heterocycles. The van der Waals surface area contributed by atoms with Crippen molar-refractivity contribution in [1.82, 2.24) is 10.2 Å². The van der Waals surface area contributed by atoms with Gasteiger partial charge < -0.3 is 15.5 Å². The first kappa shape index (κ1) is 15.6. The molecule has 4 rings (SSSR count). The van der Waals surface area contributed by atoms with E-state index in [2.05, 4.69) is 10.6 Å². The normalized spacial score (nSPS) is 29.1. The Morgan fingerprint density at radius 3 is 2.96 bits per heavy atom. The van der Waals surface area contributed by atoms with Crippen molar-refractivity contribution in [2.24, 2.45) is 5.92 Å². The molecular formula is C19H25N3O2. The summed E-state index contributed by atoms with van der Waals surface area (Å²) in [4.78, 5) is 26.6. The van der Waals surface area contributed by atoms with Crippen LogP contribution in [-0.2, 0) is 11.2 Å². The van der Waals surface area contributed by atoms with Crippen LogP contribution >= 0.6 is 0 Å². The number of benzene rings is 1. The van der Waals surface area contributed by atoms with Gasteiger partial charge in [-0.2, -0.15) is 0 Å². The van der Waals surface area contributed by atoms with Gasteiger partial charge in [0.25, 0.3) is 5.91 Å². The van der Waals surface area contributed by atoms with Crippen LogP contribution in [0, 0.1) is 5.92 Å². The van der Waals surface area contributed by atoms with Gasteiger partial charge in [0.2, 0.25) is 5.91 Å². The van der Waals surface area contributed by atoms with Crippen molar-refractivity contribution in [3.8, 4) is 0 Å². The molecule has 24 heavy (non-hydrogen) atoms. The molecule has 2 heterocycles. The van der Waals surface area contributed by atoms with Crippen molar-refractivity contribution in [3.05, 3.63) is 29.3 Å². The molecule has 1 aliphatic carbocycles. The number of hydrogen-bond acceptors (Lipinski definition) is 3. The fraction of sp³-hybridized carbons (Fsp3) is 0.579. The van der Waals surface area contributed by atoms with Crippen LogP contribution in [0.3, 0.4) is 0 Å². The molecule has 2 N–H and O–H groups in total. The topological polar surface area (TPSA) is 61.4 Å². The maximum atomic E-state index is 12.6. The lowest BCUT2D eigenvalue weighted by Crippen LogP contribution is -2.40. The second-order valence-corrected chi connectivity index (χ2v) is 7.44. The Kier molecular flexibility index (Phi) is 4.04. The molecule has 3 atom stereocenters. The van der Waals surface area contributed by atoms with Gasteiger partial charge in [0.15, 0.2) is 0 Å². The van der Waals surface area contributed by atoms with Gasteiger partial charge in [0, 0.05) is 30.9 Å². The van der Waals surface area contributed by atoms with E-state index in [9.17, 15) is 9.59 Å². The maximum absolute atomic E-state index is 12.6. The fourth-order valence-electron chi connectivity index (χ4n) is 4.42. The molecule has 3 unspecified atom stereocenters. The number of fused-ring (bicyclic) bond motifs is 2. The number of rotatable bonds is 2. The van der Waals surface area contributed by atoms with Crippen molar-refractivity contribution < 1.29 is 9.59 Å². The van der Waals surface area contributed by atoms with Crippen molar-refractivity contribution in [2.45, 2.75) is 50.6 Å². The average molecular weight is 327 g/mol. The van der Waals surface area contributed by atoms with E-state index in [1.54, 1.807) is 4.90 Å². The zero-order valence-corrected chi connectivity index (χ0v) is 14.2. The van der Waals surface area contributed by atoms with E-state index in [1.165, 1.54) is 25.7 Å². The van der Waals surface area contributed by atoms with Crippen LogP contribution in [0.2, 0.25) is 0 Å². The molecule has 1 aromatic carbocycles. The average Bonchev–Trinajstić information content (AvgIpc) is 3.03. The summed E-state index contributed by atoms with van der Waals surface area (Å²) in [6.07, 6.45) is 6.79. The third-order valence-corrected chi connectivity index (χ3v) is 5.85. The fourth-order valence-corrected chi connectivity index (χ4v) is 4.42. The Morgan fingerprint density at radius 2 is 2.12 bits per heavy atom. The van der Waals surface area contributed by atoms with Crippen LogP contribution in [0.4, 0.5) is 5.69 Å². The number of carbonyl (C=O) groups excluding carboxylic acids is 2. The third kappa shape index (κ3) is 2.81. The highest BCUT2D eigenvalue weighted by Crippen LogP contribution is 2.33. The van der Waals surface area contributed by atoms with Gasteiger partial charge in [0.05, 0.1) is 6.04 Å². The van der Waals surface area contributed by atoms with Crippen LogP contribution in [0.1, 0.15) is 48.0 Å². The quantitative estimate of drug-likeness (QED) is 0.875. The third-order valence-electron chi connectivity index (χ3n) is 5.85.